The van der Waals surface area contributed by atoms with Gasteiger partial charge in [-0.05, 0) is 35.9 Å². The third-order valence-electron chi connectivity index (χ3n) is 2.99. The standard InChI is InChI=1S/C15H12FN3O2/c16-11-3-1-2-9(6-11)7-14-18-15(21-19-14)10-4-5-13(20)12(17)8-10/h1-6,8,20H,7,17H2. The molecule has 0 aliphatic heterocycles. The van der Waals surface area contributed by atoms with Gasteiger partial charge in [-0.15, -0.1) is 0 Å². The van der Waals surface area contributed by atoms with Crippen LogP contribution in [0.5, 0.6) is 5.75 Å². The Morgan fingerprint density at radius 2 is 2.05 bits per heavy atom. The molecule has 5 nitrogen and oxygen atoms in total. The van der Waals surface area contributed by atoms with Gasteiger partial charge in [-0.25, -0.2) is 4.39 Å². The minimum absolute atomic E-state index is 0.00162. The highest BCUT2D eigenvalue weighted by molar-refractivity contribution is 5.64. The van der Waals surface area contributed by atoms with Gasteiger partial charge in [-0.2, -0.15) is 4.98 Å². The molecule has 0 radical (unpaired) electrons. The number of benzene rings is 2. The summed E-state index contributed by atoms with van der Waals surface area (Å²) in [5.41, 5.74) is 7.23. The molecule has 1 heterocycles. The molecular formula is C15H12FN3O2. The van der Waals surface area contributed by atoms with Crippen molar-refractivity contribution in [3.63, 3.8) is 0 Å². The molecule has 3 aromatic rings. The Balaban J connectivity index is 1.84. The molecular weight excluding hydrogens is 273 g/mol. The Kier molecular flexibility index (Phi) is 3.27. The first-order valence-corrected chi connectivity index (χ1v) is 6.28. The fourth-order valence-electron chi connectivity index (χ4n) is 1.96. The first-order chi connectivity index (χ1) is 10.1. The van der Waals surface area contributed by atoms with Crippen molar-refractivity contribution in [2.24, 2.45) is 0 Å². The van der Waals surface area contributed by atoms with E-state index in [1.807, 2.05) is 0 Å². The Bertz CT molecular complexity index is 786. The van der Waals surface area contributed by atoms with E-state index in [-0.39, 0.29) is 17.3 Å². The van der Waals surface area contributed by atoms with Gasteiger partial charge < -0.3 is 15.4 Å². The molecule has 0 amide bonds. The topological polar surface area (TPSA) is 85.2 Å². The van der Waals surface area contributed by atoms with E-state index >= 15 is 0 Å². The summed E-state index contributed by atoms with van der Waals surface area (Å²) in [5.74, 6) is 0.441. The second-order valence-corrected chi connectivity index (χ2v) is 4.60. The molecule has 21 heavy (non-hydrogen) atoms. The third-order valence-corrected chi connectivity index (χ3v) is 2.99. The van der Waals surface area contributed by atoms with Gasteiger partial charge in [0.15, 0.2) is 5.82 Å². The predicted molar refractivity (Wildman–Crippen MR) is 75.0 cm³/mol. The molecule has 106 valence electrons. The first kappa shape index (κ1) is 13.1. The Morgan fingerprint density at radius 1 is 1.19 bits per heavy atom. The fraction of sp³-hybridized carbons (Fsp3) is 0.0667. The second-order valence-electron chi connectivity index (χ2n) is 4.60. The van der Waals surface area contributed by atoms with Crippen LogP contribution in [0.15, 0.2) is 47.0 Å². The maximum absolute atomic E-state index is 13.1. The molecule has 0 unspecified atom stereocenters. The number of nitrogen functional groups attached to an aromatic ring is 1. The van der Waals surface area contributed by atoms with E-state index in [9.17, 15) is 9.50 Å². The molecule has 0 aliphatic rings. The van der Waals surface area contributed by atoms with Gasteiger partial charge in [0.05, 0.1) is 5.69 Å². The maximum atomic E-state index is 13.1. The van der Waals surface area contributed by atoms with E-state index in [0.717, 1.165) is 5.56 Å². The van der Waals surface area contributed by atoms with Crippen LogP contribution in [0.2, 0.25) is 0 Å². The molecule has 1 aromatic heterocycles. The smallest absolute Gasteiger partial charge is 0.258 e. The lowest BCUT2D eigenvalue weighted by atomic mass is 10.1. The quantitative estimate of drug-likeness (QED) is 0.571. The van der Waals surface area contributed by atoms with Crippen molar-refractivity contribution in [3.8, 4) is 17.2 Å². The molecule has 0 aliphatic carbocycles. The zero-order chi connectivity index (χ0) is 14.8. The Hall–Kier alpha value is -2.89. The SMILES string of the molecule is Nc1cc(-c2nc(Cc3cccc(F)c3)no2)ccc1O. The fourth-order valence-corrected chi connectivity index (χ4v) is 1.96. The number of anilines is 1. The van der Waals surface area contributed by atoms with Crippen LogP contribution in [0.4, 0.5) is 10.1 Å². The van der Waals surface area contributed by atoms with Crippen LogP contribution in [-0.4, -0.2) is 15.2 Å². The molecule has 3 N–H and O–H groups in total. The van der Waals surface area contributed by atoms with Crippen LogP contribution >= 0.6 is 0 Å². The summed E-state index contributed by atoms with van der Waals surface area (Å²) < 4.78 is 18.3. The average Bonchev–Trinajstić information content (AvgIpc) is 2.90. The summed E-state index contributed by atoms with van der Waals surface area (Å²) in [6, 6.07) is 10.9. The van der Waals surface area contributed by atoms with E-state index in [1.54, 1.807) is 24.3 Å². The van der Waals surface area contributed by atoms with Crippen LogP contribution in [0.3, 0.4) is 0 Å². The van der Waals surface area contributed by atoms with Crippen LogP contribution in [-0.2, 0) is 6.42 Å². The zero-order valence-electron chi connectivity index (χ0n) is 11.0. The van der Waals surface area contributed by atoms with Crippen LogP contribution in [0.1, 0.15) is 11.4 Å². The van der Waals surface area contributed by atoms with Crippen LogP contribution in [0.25, 0.3) is 11.5 Å². The largest absolute Gasteiger partial charge is 0.506 e. The zero-order valence-corrected chi connectivity index (χ0v) is 11.0. The van der Waals surface area contributed by atoms with Crippen molar-refractivity contribution in [2.45, 2.75) is 6.42 Å². The van der Waals surface area contributed by atoms with Crippen molar-refractivity contribution in [3.05, 3.63) is 59.7 Å². The summed E-state index contributed by atoms with van der Waals surface area (Å²) in [5, 5.41) is 13.2. The van der Waals surface area contributed by atoms with Gasteiger partial charge in [0.25, 0.3) is 5.89 Å². The van der Waals surface area contributed by atoms with Gasteiger partial charge in [0, 0.05) is 12.0 Å². The van der Waals surface area contributed by atoms with Gasteiger partial charge in [0.2, 0.25) is 0 Å². The molecule has 2 aromatic carbocycles. The molecule has 0 bridgehead atoms. The lowest BCUT2D eigenvalue weighted by Gasteiger charge is -1.99. The second kappa shape index (κ2) is 5.24. The minimum Gasteiger partial charge on any atom is -0.506 e. The highest BCUT2D eigenvalue weighted by Crippen LogP contribution is 2.26. The predicted octanol–water partition coefficient (Wildman–Crippen LogP) is 2.75. The molecule has 3 rings (SSSR count). The van der Waals surface area contributed by atoms with Gasteiger partial charge in [-0.1, -0.05) is 17.3 Å². The van der Waals surface area contributed by atoms with E-state index in [1.165, 1.54) is 18.2 Å². The van der Waals surface area contributed by atoms with Crippen molar-refractivity contribution < 1.29 is 14.0 Å². The number of phenolic OH excluding ortho intramolecular Hbond substituents is 1. The van der Waals surface area contributed by atoms with E-state index in [4.69, 9.17) is 10.3 Å². The first-order valence-electron chi connectivity index (χ1n) is 6.28. The molecule has 0 atom stereocenters. The monoisotopic (exact) mass is 285 g/mol. The van der Waals surface area contributed by atoms with Crippen molar-refractivity contribution in [1.29, 1.82) is 0 Å². The summed E-state index contributed by atoms with van der Waals surface area (Å²) in [7, 11) is 0. The highest BCUT2D eigenvalue weighted by atomic mass is 19.1. The van der Waals surface area contributed by atoms with E-state index in [0.29, 0.717) is 23.7 Å². The number of rotatable bonds is 3. The lowest BCUT2D eigenvalue weighted by molar-refractivity contribution is 0.423. The normalized spacial score (nSPS) is 10.7. The highest BCUT2D eigenvalue weighted by Gasteiger charge is 2.11. The van der Waals surface area contributed by atoms with Gasteiger partial charge in [-0.3, -0.25) is 0 Å². The summed E-state index contributed by atoms with van der Waals surface area (Å²) in [6.07, 6.45) is 0.370. The Morgan fingerprint density at radius 3 is 2.81 bits per heavy atom. The van der Waals surface area contributed by atoms with Crippen molar-refractivity contribution in [1.82, 2.24) is 10.1 Å². The molecule has 0 saturated carbocycles. The van der Waals surface area contributed by atoms with E-state index < -0.39 is 0 Å². The lowest BCUT2D eigenvalue weighted by Crippen LogP contribution is -1.92. The van der Waals surface area contributed by atoms with Gasteiger partial charge >= 0.3 is 0 Å². The van der Waals surface area contributed by atoms with Crippen LogP contribution < -0.4 is 5.73 Å². The molecule has 0 saturated heterocycles. The van der Waals surface area contributed by atoms with E-state index in [2.05, 4.69) is 10.1 Å². The number of phenols is 1. The van der Waals surface area contributed by atoms with Crippen molar-refractivity contribution >= 4 is 5.69 Å². The molecule has 6 heteroatoms. The number of halogens is 1. The number of hydrogen-bond acceptors (Lipinski definition) is 5. The minimum atomic E-state index is -0.303. The average molecular weight is 285 g/mol. The van der Waals surface area contributed by atoms with Gasteiger partial charge in [0.1, 0.15) is 11.6 Å². The Labute approximate surface area is 119 Å². The van der Waals surface area contributed by atoms with Crippen molar-refractivity contribution in [2.75, 3.05) is 5.73 Å². The number of nitrogens with zero attached hydrogens (tertiary/aromatic N) is 2. The molecule has 0 spiro atoms. The number of aromatic nitrogens is 2. The van der Waals surface area contributed by atoms with Crippen LogP contribution in [0, 0.1) is 5.82 Å². The summed E-state index contributed by atoms with van der Waals surface area (Å²) in [6.45, 7) is 0. The number of hydrogen-bond donors (Lipinski definition) is 2. The maximum Gasteiger partial charge on any atom is 0.258 e. The number of aromatic hydroxyl groups is 1. The molecule has 0 fully saturated rings. The summed E-state index contributed by atoms with van der Waals surface area (Å²) in [4.78, 5) is 4.24. The summed E-state index contributed by atoms with van der Waals surface area (Å²) >= 11 is 0. The third kappa shape index (κ3) is 2.84. The number of nitrogens with two attached hydrogens (primary N) is 1.